The fourth-order valence-corrected chi connectivity index (χ4v) is 4.54. The molecule has 1 aromatic carbocycles. The second kappa shape index (κ2) is 11.0. The smallest absolute Gasteiger partial charge is 0.232 e. The molecule has 0 unspecified atom stereocenters. The summed E-state index contributed by atoms with van der Waals surface area (Å²) < 4.78 is 0. The van der Waals surface area contributed by atoms with Gasteiger partial charge in [0.1, 0.15) is 0 Å². The van der Waals surface area contributed by atoms with Crippen LogP contribution < -0.4 is 20.9 Å². The van der Waals surface area contributed by atoms with Crippen molar-refractivity contribution in [2.45, 2.75) is 38.3 Å². The van der Waals surface area contributed by atoms with Crippen molar-refractivity contribution in [2.75, 3.05) is 55.8 Å². The van der Waals surface area contributed by atoms with Gasteiger partial charge in [-0.3, -0.25) is 4.79 Å². The normalized spacial score (nSPS) is 21.5. The number of hydrogen-bond donors (Lipinski definition) is 3. The molecule has 1 saturated carbocycles. The third-order valence-electron chi connectivity index (χ3n) is 6.48. The van der Waals surface area contributed by atoms with E-state index in [1.54, 1.807) is 0 Å². The first-order chi connectivity index (χ1) is 16.0. The molecule has 1 amide bonds. The lowest BCUT2D eigenvalue weighted by atomic mass is 9.85. The number of carbonyl (C=O) groups is 1. The maximum Gasteiger partial charge on any atom is 0.232 e. The average molecular weight is 473 g/mol. The molecule has 1 saturated heterocycles. The highest BCUT2D eigenvalue weighted by molar-refractivity contribution is 6.31. The van der Waals surface area contributed by atoms with Crippen molar-refractivity contribution in [3.8, 4) is 0 Å². The molecule has 2 aliphatic rings. The lowest BCUT2D eigenvalue weighted by Gasteiger charge is -2.33. The molecule has 10 heteroatoms. The van der Waals surface area contributed by atoms with Crippen LogP contribution in [0.15, 0.2) is 24.3 Å². The summed E-state index contributed by atoms with van der Waals surface area (Å²) in [5, 5.41) is 10.2. The predicted octanol–water partition coefficient (Wildman–Crippen LogP) is 2.61. The van der Waals surface area contributed by atoms with Gasteiger partial charge in [-0.1, -0.05) is 29.8 Å². The van der Waals surface area contributed by atoms with E-state index in [0.29, 0.717) is 29.4 Å². The molecule has 1 aliphatic heterocycles. The standard InChI is InChI=1S/C23H33ClN8O/c1-25-21-28-22(30-23(29-21)32-13-11-31(2)12-14-32)27-18-9-7-16(8-10-18)20(33)26-15-17-5-3-4-6-19(17)24/h3-6,16,18H,7-15H2,1-2H3,(H,26,33)(H2,25,27,28,29,30)/t16-,18+. The van der Waals surface area contributed by atoms with Crippen LogP contribution >= 0.6 is 11.6 Å². The molecule has 1 aliphatic carbocycles. The van der Waals surface area contributed by atoms with E-state index >= 15 is 0 Å². The van der Waals surface area contributed by atoms with Gasteiger partial charge < -0.3 is 25.8 Å². The zero-order valence-corrected chi connectivity index (χ0v) is 20.1. The van der Waals surface area contributed by atoms with E-state index in [0.717, 1.165) is 57.4 Å². The topological polar surface area (TPSA) is 98.3 Å². The highest BCUT2D eigenvalue weighted by Crippen LogP contribution is 2.27. The number of nitrogens with zero attached hydrogens (tertiary/aromatic N) is 5. The van der Waals surface area contributed by atoms with E-state index in [4.69, 9.17) is 16.6 Å². The van der Waals surface area contributed by atoms with E-state index < -0.39 is 0 Å². The number of aromatic nitrogens is 3. The summed E-state index contributed by atoms with van der Waals surface area (Å²) in [6.07, 6.45) is 3.46. The number of carbonyl (C=O) groups excluding carboxylic acids is 1. The van der Waals surface area contributed by atoms with Gasteiger partial charge in [-0.2, -0.15) is 15.0 Å². The molecule has 0 spiro atoms. The van der Waals surface area contributed by atoms with Gasteiger partial charge in [-0.05, 0) is 44.4 Å². The van der Waals surface area contributed by atoms with Gasteiger partial charge in [0.05, 0.1) is 0 Å². The molecule has 2 heterocycles. The Bertz CT molecular complexity index is 942. The maximum absolute atomic E-state index is 12.6. The van der Waals surface area contributed by atoms with Gasteiger partial charge in [-0.15, -0.1) is 0 Å². The number of halogens is 1. The number of hydrogen-bond acceptors (Lipinski definition) is 8. The first-order valence-corrected chi connectivity index (χ1v) is 12.0. The third-order valence-corrected chi connectivity index (χ3v) is 6.84. The van der Waals surface area contributed by atoms with E-state index in [-0.39, 0.29) is 17.9 Å². The number of likely N-dealkylation sites (N-methyl/N-ethyl adjacent to an activating group) is 1. The summed E-state index contributed by atoms with van der Waals surface area (Å²) in [4.78, 5) is 30.9. The largest absolute Gasteiger partial charge is 0.357 e. The maximum atomic E-state index is 12.6. The average Bonchev–Trinajstić information content (AvgIpc) is 2.84. The minimum absolute atomic E-state index is 0.0256. The first-order valence-electron chi connectivity index (χ1n) is 11.7. The summed E-state index contributed by atoms with van der Waals surface area (Å²) in [6, 6.07) is 7.84. The zero-order valence-electron chi connectivity index (χ0n) is 19.4. The van der Waals surface area contributed by atoms with Crippen LogP contribution in [-0.2, 0) is 11.3 Å². The summed E-state index contributed by atoms with van der Waals surface area (Å²) in [5.41, 5.74) is 0.939. The van der Waals surface area contributed by atoms with Gasteiger partial charge in [0.15, 0.2) is 0 Å². The van der Waals surface area contributed by atoms with Crippen molar-refractivity contribution in [2.24, 2.45) is 5.92 Å². The van der Waals surface area contributed by atoms with Gasteiger partial charge in [0, 0.05) is 56.8 Å². The van der Waals surface area contributed by atoms with Gasteiger partial charge >= 0.3 is 0 Å². The van der Waals surface area contributed by atoms with E-state index in [1.807, 2.05) is 31.3 Å². The monoisotopic (exact) mass is 472 g/mol. The van der Waals surface area contributed by atoms with Gasteiger partial charge in [-0.25, -0.2) is 0 Å². The lowest BCUT2D eigenvalue weighted by Crippen LogP contribution is -2.45. The molecule has 3 N–H and O–H groups in total. The summed E-state index contributed by atoms with van der Waals surface area (Å²) in [7, 11) is 3.95. The summed E-state index contributed by atoms with van der Waals surface area (Å²) >= 11 is 6.19. The molecule has 1 aromatic heterocycles. The van der Waals surface area contributed by atoms with Gasteiger partial charge in [0.25, 0.3) is 0 Å². The van der Waals surface area contributed by atoms with Crippen LogP contribution in [0, 0.1) is 5.92 Å². The second-order valence-corrected chi connectivity index (χ2v) is 9.23. The number of benzene rings is 1. The quantitative estimate of drug-likeness (QED) is 0.565. The Morgan fingerprint density at radius 1 is 1.03 bits per heavy atom. The Morgan fingerprint density at radius 3 is 2.42 bits per heavy atom. The molecular weight excluding hydrogens is 440 g/mol. The van der Waals surface area contributed by atoms with Crippen LogP contribution in [0.4, 0.5) is 17.8 Å². The molecule has 178 valence electrons. The van der Waals surface area contributed by atoms with Crippen LogP contribution in [0.3, 0.4) is 0 Å². The number of amides is 1. The Morgan fingerprint density at radius 2 is 1.73 bits per heavy atom. The molecule has 33 heavy (non-hydrogen) atoms. The summed E-state index contributed by atoms with van der Waals surface area (Å²) in [6.45, 7) is 4.25. The zero-order chi connectivity index (χ0) is 23.2. The Balaban J connectivity index is 1.30. The summed E-state index contributed by atoms with van der Waals surface area (Å²) in [5.74, 6) is 1.99. The van der Waals surface area contributed by atoms with Gasteiger partial charge in [0.2, 0.25) is 23.8 Å². The number of rotatable bonds is 7. The van der Waals surface area contributed by atoms with E-state index in [9.17, 15) is 4.79 Å². The van der Waals surface area contributed by atoms with Crippen LogP contribution in [0.5, 0.6) is 0 Å². The van der Waals surface area contributed by atoms with Crippen molar-refractivity contribution in [3.05, 3.63) is 34.9 Å². The van der Waals surface area contributed by atoms with Crippen molar-refractivity contribution < 1.29 is 4.79 Å². The van der Waals surface area contributed by atoms with Crippen molar-refractivity contribution in [1.82, 2.24) is 25.2 Å². The number of anilines is 3. The van der Waals surface area contributed by atoms with Crippen LogP contribution in [0.1, 0.15) is 31.2 Å². The molecule has 0 atom stereocenters. The molecule has 9 nitrogen and oxygen atoms in total. The lowest BCUT2D eigenvalue weighted by molar-refractivity contribution is -0.126. The first kappa shape index (κ1) is 23.5. The van der Waals surface area contributed by atoms with Crippen molar-refractivity contribution >= 4 is 35.4 Å². The van der Waals surface area contributed by atoms with Crippen LogP contribution in [-0.4, -0.2) is 72.1 Å². The predicted molar refractivity (Wildman–Crippen MR) is 132 cm³/mol. The molecule has 2 aromatic rings. The van der Waals surface area contributed by atoms with Crippen LogP contribution in [0.25, 0.3) is 0 Å². The molecule has 0 radical (unpaired) electrons. The fourth-order valence-electron chi connectivity index (χ4n) is 4.34. The Hall–Kier alpha value is -2.65. The number of piperazine rings is 1. The number of nitrogens with one attached hydrogen (secondary N) is 3. The van der Waals surface area contributed by atoms with Crippen molar-refractivity contribution in [1.29, 1.82) is 0 Å². The fraction of sp³-hybridized carbons (Fsp3) is 0.565. The van der Waals surface area contributed by atoms with Crippen molar-refractivity contribution in [3.63, 3.8) is 0 Å². The highest BCUT2D eigenvalue weighted by atomic mass is 35.5. The highest BCUT2D eigenvalue weighted by Gasteiger charge is 2.27. The molecule has 4 rings (SSSR count). The molecule has 2 fully saturated rings. The second-order valence-electron chi connectivity index (χ2n) is 8.83. The minimum atomic E-state index is 0.0256. The molecule has 0 bridgehead atoms. The minimum Gasteiger partial charge on any atom is -0.357 e. The van der Waals surface area contributed by atoms with Crippen LogP contribution in [0.2, 0.25) is 5.02 Å². The molecular formula is C23H33ClN8O. The Kier molecular flexibility index (Phi) is 7.82. The van der Waals surface area contributed by atoms with E-state index in [2.05, 4.69) is 42.8 Å². The van der Waals surface area contributed by atoms with E-state index in [1.165, 1.54) is 0 Å². The Labute approximate surface area is 200 Å². The SMILES string of the molecule is CNc1nc(N[C@H]2CC[C@@H](C(=O)NCc3ccccc3Cl)CC2)nc(N2CCN(C)CC2)n1. The third kappa shape index (κ3) is 6.23.